The van der Waals surface area contributed by atoms with Gasteiger partial charge in [-0.1, -0.05) is 20.8 Å². The molecule has 0 unspecified atom stereocenters. The Bertz CT molecular complexity index is 975. The summed E-state index contributed by atoms with van der Waals surface area (Å²) in [6.45, 7) is 11.2. The maximum atomic E-state index is 13.5. The van der Waals surface area contributed by atoms with Crippen molar-refractivity contribution in [3.05, 3.63) is 11.9 Å². The van der Waals surface area contributed by atoms with Gasteiger partial charge in [-0.15, -0.1) is 0 Å². The molecule has 0 radical (unpaired) electrons. The molecule has 1 aromatic heterocycles. The number of amides is 3. The Kier molecular flexibility index (Phi) is 8.93. The third-order valence-corrected chi connectivity index (χ3v) is 8.79. The molecule has 0 spiro atoms. The van der Waals surface area contributed by atoms with Crippen LogP contribution in [0.3, 0.4) is 0 Å². The molecule has 3 saturated heterocycles. The van der Waals surface area contributed by atoms with Crippen LogP contribution < -0.4 is 10.6 Å². The van der Waals surface area contributed by atoms with E-state index in [-0.39, 0.29) is 29.8 Å². The van der Waals surface area contributed by atoms with Crippen molar-refractivity contribution in [2.75, 3.05) is 31.5 Å². The van der Waals surface area contributed by atoms with Crippen LogP contribution in [0.5, 0.6) is 0 Å². The van der Waals surface area contributed by atoms with Gasteiger partial charge in [0.05, 0.1) is 24.1 Å². The first-order valence-electron chi connectivity index (χ1n) is 14.2. The van der Waals surface area contributed by atoms with E-state index in [0.717, 1.165) is 63.1 Å². The number of hydrogen-bond acceptors (Lipinski definition) is 5. The SMILES string of the molecule is Cc1c(NC(=O)CN2C[C@@H]3C[C@H](C2)[C@@H]2CCCC(=O)N[C@H](C(C)C)CC[C@@H](C)CC(=O)N2C3)cnn1C. The van der Waals surface area contributed by atoms with E-state index in [9.17, 15) is 14.4 Å². The fourth-order valence-electron chi connectivity index (χ4n) is 6.55. The summed E-state index contributed by atoms with van der Waals surface area (Å²) in [5, 5.41) is 10.5. The highest BCUT2D eigenvalue weighted by molar-refractivity contribution is 5.92. The number of rotatable bonds is 4. The second kappa shape index (κ2) is 12.0. The van der Waals surface area contributed by atoms with E-state index in [0.29, 0.717) is 43.1 Å². The van der Waals surface area contributed by atoms with Gasteiger partial charge in [-0.25, -0.2) is 0 Å². The smallest absolute Gasteiger partial charge is 0.238 e. The van der Waals surface area contributed by atoms with Crippen LogP contribution in [0.1, 0.15) is 71.4 Å². The molecule has 5 atom stereocenters. The second-order valence-electron chi connectivity index (χ2n) is 12.2. The molecule has 3 aliphatic heterocycles. The first-order chi connectivity index (χ1) is 17.6. The number of anilines is 1. The van der Waals surface area contributed by atoms with Crippen LogP contribution in [0.15, 0.2) is 6.20 Å². The zero-order valence-corrected chi connectivity index (χ0v) is 23.3. The van der Waals surface area contributed by atoms with E-state index >= 15 is 0 Å². The van der Waals surface area contributed by atoms with E-state index < -0.39 is 0 Å². The fourth-order valence-corrected chi connectivity index (χ4v) is 6.55. The minimum absolute atomic E-state index is 0.0239. The lowest BCUT2D eigenvalue weighted by atomic mass is 9.77. The van der Waals surface area contributed by atoms with Gasteiger partial charge < -0.3 is 15.5 Å². The van der Waals surface area contributed by atoms with E-state index in [1.165, 1.54) is 0 Å². The van der Waals surface area contributed by atoms with Gasteiger partial charge in [-0.05, 0) is 62.7 Å². The largest absolute Gasteiger partial charge is 0.353 e. The predicted octanol–water partition coefficient (Wildman–Crippen LogP) is 2.95. The number of piperidine rings is 2. The lowest BCUT2D eigenvalue weighted by molar-refractivity contribution is -0.142. The number of nitrogens with one attached hydrogen (secondary N) is 2. The molecule has 0 aliphatic carbocycles. The first kappa shape index (κ1) is 27.6. The maximum Gasteiger partial charge on any atom is 0.238 e. The summed E-state index contributed by atoms with van der Waals surface area (Å²) >= 11 is 0. The average molecular weight is 515 g/mol. The monoisotopic (exact) mass is 514 g/mol. The summed E-state index contributed by atoms with van der Waals surface area (Å²) < 4.78 is 1.75. The van der Waals surface area contributed by atoms with Crippen molar-refractivity contribution >= 4 is 23.4 Å². The lowest BCUT2D eigenvalue weighted by Gasteiger charge is -2.51. The maximum absolute atomic E-state index is 13.5. The summed E-state index contributed by atoms with van der Waals surface area (Å²) in [5.74, 6) is 1.76. The molecule has 9 heteroatoms. The van der Waals surface area contributed by atoms with Gasteiger partial charge in [0.25, 0.3) is 0 Å². The Balaban J connectivity index is 1.42. The molecule has 3 fully saturated rings. The van der Waals surface area contributed by atoms with Crippen molar-refractivity contribution in [1.29, 1.82) is 0 Å². The molecule has 2 N–H and O–H groups in total. The predicted molar refractivity (Wildman–Crippen MR) is 144 cm³/mol. The summed E-state index contributed by atoms with van der Waals surface area (Å²) in [6.07, 6.45) is 7.34. The highest BCUT2D eigenvalue weighted by Gasteiger charge is 2.43. The Morgan fingerprint density at radius 3 is 2.68 bits per heavy atom. The summed E-state index contributed by atoms with van der Waals surface area (Å²) in [6, 6.07) is 0.305. The van der Waals surface area contributed by atoms with E-state index in [1.807, 2.05) is 14.0 Å². The normalized spacial score (nSPS) is 30.1. The van der Waals surface area contributed by atoms with Gasteiger partial charge in [0.2, 0.25) is 17.7 Å². The Hall–Kier alpha value is -2.42. The van der Waals surface area contributed by atoms with Crippen molar-refractivity contribution in [2.24, 2.45) is 30.7 Å². The van der Waals surface area contributed by atoms with E-state index in [4.69, 9.17) is 0 Å². The summed E-state index contributed by atoms with van der Waals surface area (Å²) in [5.41, 5.74) is 1.68. The highest BCUT2D eigenvalue weighted by Crippen LogP contribution is 2.36. The van der Waals surface area contributed by atoms with Crippen LogP contribution in [0.25, 0.3) is 0 Å². The van der Waals surface area contributed by atoms with E-state index in [1.54, 1.807) is 10.9 Å². The van der Waals surface area contributed by atoms with Crippen LogP contribution in [0.4, 0.5) is 5.69 Å². The van der Waals surface area contributed by atoms with Crippen molar-refractivity contribution in [2.45, 2.75) is 84.7 Å². The molecular formula is C28H46N6O3. The number of aromatic nitrogens is 2. The zero-order chi connectivity index (χ0) is 26.7. The molecule has 1 aromatic rings. The number of aryl methyl sites for hydroxylation is 1. The second-order valence-corrected chi connectivity index (χ2v) is 12.2. The van der Waals surface area contributed by atoms with Crippen LogP contribution in [-0.4, -0.2) is 75.6 Å². The molecule has 2 bridgehead atoms. The van der Waals surface area contributed by atoms with Gasteiger partial charge in [0.15, 0.2) is 0 Å². The number of carbonyl (C=O) groups is 3. The highest BCUT2D eigenvalue weighted by atomic mass is 16.2. The lowest BCUT2D eigenvalue weighted by Crippen LogP contribution is -2.60. The molecule has 37 heavy (non-hydrogen) atoms. The van der Waals surface area contributed by atoms with E-state index in [2.05, 4.69) is 46.3 Å². The van der Waals surface area contributed by atoms with Crippen molar-refractivity contribution < 1.29 is 14.4 Å². The number of likely N-dealkylation sites (tertiary alicyclic amines) is 1. The average Bonchev–Trinajstić information content (AvgIpc) is 3.14. The van der Waals surface area contributed by atoms with Gasteiger partial charge >= 0.3 is 0 Å². The summed E-state index contributed by atoms with van der Waals surface area (Å²) in [4.78, 5) is 43.5. The Morgan fingerprint density at radius 2 is 1.97 bits per heavy atom. The van der Waals surface area contributed by atoms with Gasteiger partial charge in [-0.3, -0.25) is 24.0 Å². The molecular weight excluding hydrogens is 468 g/mol. The molecule has 0 saturated carbocycles. The number of nitrogens with zero attached hydrogens (tertiary/aromatic N) is 4. The molecule has 3 aliphatic rings. The van der Waals surface area contributed by atoms with Crippen LogP contribution in [-0.2, 0) is 21.4 Å². The topological polar surface area (TPSA) is 99.6 Å². The first-order valence-corrected chi connectivity index (χ1v) is 14.2. The van der Waals surface area contributed by atoms with Crippen LogP contribution in [0.2, 0.25) is 0 Å². The number of carbonyl (C=O) groups excluding carboxylic acids is 3. The zero-order valence-electron chi connectivity index (χ0n) is 23.3. The van der Waals surface area contributed by atoms with Crippen molar-refractivity contribution in [3.8, 4) is 0 Å². The fraction of sp³-hybridized carbons (Fsp3) is 0.786. The molecule has 3 amide bonds. The molecule has 9 nitrogen and oxygen atoms in total. The molecule has 4 rings (SSSR count). The van der Waals surface area contributed by atoms with Gasteiger partial charge in [0.1, 0.15) is 0 Å². The minimum Gasteiger partial charge on any atom is -0.353 e. The van der Waals surface area contributed by atoms with Crippen LogP contribution in [0, 0.1) is 30.6 Å². The third kappa shape index (κ3) is 6.92. The van der Waals surface area contributed by atoms with Gasteiger partial charge in [0, 0.05) is 51.6 Å². The summed E-state index contributed by atoms with van der Waals surface area (Å²) in [7, 11) is 1.86. The van der Waals surface area contributed by atoms with Gasteiger partial charge in [-0.2, -0.15) is 5.10 Å². The Morgan fingerprint density at radius 1 is 1.19 bits per heavy atom. The molecule has 206 valence electrons. The number of fused-ring (bicyclic) bond motifs is 4. The standard InChI is InChI=1S/C28H46N6O3/c1-18(2)23-10-9-19(3)11-28(37)34-15-21-12-22(25(34)7-6-8-26(35)30-23)16-33(14-21)17-27(36)31-24-13-29-32(5)20(24)4/h13,18-19,21-23,25H,6-12,14-17H2,1-5H3,(H,30,35)(H,31,36)/t19-,21+,22-,23+,25+/m1/s1. The van der Waals surface area contributed by atoms with Crippen molar-refractivity contribution in [3.63, 3.8) is 0 Å². The molecule has 0 aromatic carbocycles. The third-order valence-electron chi connectivity index (χ3n) is 8.79. The quantitative estimate of drug-likeness (QED) is 0.644. The van der Waals surface area contributed by atoms with Crippen LogP contribution >= 0.6 is 0 Å². The Labute approximate surface area is 221 Å². The number of hydrogen-bond donors (Lipinski definition) is 2. The van der Waals surface area contributed by atoms with Crippen molar-refractivity contribution in [1.82, 2.24) is 24.9 Å². The molecule has 4 heterocycles. The minimum atomic E-state index is -0.0239.